The van der Waals surface area contributed by atoms with Crippen LogP contribution in [0.2, 0.25) is 0 Å². The topological polar surface area (TPSA) is 24.9 Å². The Bertz CT molecular complexity index is 164. The Labute approximate surface area is 113 Å². The lowest BCUT2D eigenvalue weighted by atomic mass is 10.4. The van der Waals surface area contributed by atoms with E-state index in [0.29, 0.717) is 0 Å². The third kappa shape index (κ3) is 9.83. The molecule has 4 nitrogen and oxygen atoms in total. The Morgan fingerprint density at radius 2 is 1.06 bits per heavy atom. The van der Waals surface area contributed by atoms with Gasteiger partial charge in [-0.05, 0) is 26.6 Å². The van der Waals surface area contributed by atoms with Crippen molar-refractivity contribution < 1.29 is 9.47 Å². The van der Waals surface area contributed by atoms with E-state index in [2.05, 4.69) is 30.6 Å². The van der Waals surface area contributed by atoms with Crippen molar-refractivity contribution >= 4 is 0 Å². The molecule has 0 aromatic heterocycles. The first kappa shape index (κ1) is 17.8. The van der Waals surface area contributed by atoms with Crippen LogP contribution in [0.1, 0.15) is 27.7 Å². The van der Waals surface area contributed by atoms with E-state index in [1.54, 1.807) is 0 Å². The molecule has 18 heavy (non-hydrogen) atoms. The lowest BCUT2D eigenvalue weighted by Crippen LogP contribution is -2.32. The summed E-state index contributed by atoms with van der Waals surface area (Å²) in [6.07, 6.45) is 0. The first-order valence-corrected chi connectivity index (χ1v) is 7.38. The molecule has 0 aliphatic carbocycles. The highest BCUT2D eigenvalue weighted by Gasteiger charge is 2.02. The SMILES string of the molecule is CCOCCN(CC)CCOCCN(CC)CC. The maximum atomic E-state index is 5.68. The summed E-state index contributed by atoms with van der Waals surface area (Å²) in [4.78, 5) is 4.75. The fourth-order valence-corrected chi connectivity index (χ4v) is 1.80. The van der Waals surface area contributed by atoms with Crippen molar-refractivity contribution in [1.29, 1.82) is 0 Å². The highest BCUT2D eigenvalue weighted by molar-refractivity contribution is 4.55. The van der Waals surface area contributed by atoms with E-state index < -0.39 is 0 Å². The van der Waals surface area contributed by atoms with Crippen molar-refractivity contribution in [3.8, 4) is 0 Å². The molecule has 0 atom stereocenters. The Kier molecular flexibility index (Phi) is 13.2. The largest absolute Gasteiger partial charge is 0.380 e. The van der Waals surface area contributed by atoms with Crippen LogP contribution >= 0.6 is 0 Å². The molecule has 0 rings (SSSR count). The van der Waals surface area contributed by atoms with E-state index >= 15 is 0 Å². The van der Waals surface area contributed by atoms with Gasteiger partial charge in [0.1, 0.15) is 0 Å². The Hall–Kier alpha value is -0.160. The lowest BCUT2D eigenvalue weighted by molar-refractivity contribution is 0.0707. The summed E-state index contributed by atoms with van der Waals surface area (Å²) in [5, 5.41) is 0. The molecule has 110 valence electrons. The predicted octanol–water partition coefficient (Wildman–Crippen LogP) is 1.70. The molecule has 0 aliphatic heterocycles. The predicted molar refractivity (Wildman–Crippen MR) is 77.2 cm³/mol. The monoisotopic (exact) mass is 260 g/mol. The van der Waals surface area contributed by atoms with Crippen LogP contribution in [-0.2, 0) is 9.47 Å². The molecule has 0 aliphatic rings. The van der Waals surface area contributed by atoms with Crippen LogP contribution in [-0.4, -0.2) is 75.5 Å². The van der Waals surface area contributed by atoms with Gasteiger partial charge in [0.15, 0.2) is 0 Å². The third-order valence-corrected chi connectivity index (χ3v) is 3.20. The summed E-state index contributed by atoms with van der Waals surface area (Å²) in [5.41, 5.74) is 0. The van der Waals surface area contributed by atoms with E-state index in [-0.39, 0.29) is 0 Å². The molecular formula is C14H32N2O2. The summed E-state index contributed by atoms with van der Waals surface area (Å²) in [5.74, 6) is 0. The molecule has 0 radical (unpaired) electrons. The number of ether oxygens (including phenoxy) is 2. The number of likely N-dealkylation sites (N-methyl/N-ethyl adjacent to an activating group) is 2. The highest BCUT2D eigenvalue weighted by atomic mass is 16.5. The molecule has 0 saturated heterocycles. The zero-order valence-corrected chi connectivity index (χ0v) is 12.8. The maximum Gasteiger partial charge on any atom is 0.0594 e. The van der Waals surface area contributed by atoms with Crippen molar-refractivity contribution in [3.05, 3.63) is 0 Å². The van der Waals surface area contributed by atoms with Crippen LogP contribution in [0.15, 0.2) is 0 Å². The van der Waals surface area contributed by atoms with Crippen molar-refractivity contribution in [1.82, 2.24) is 9.80 Å². The van der Waals surface area contributed by atoms with Gasteiger partial charge in [-0.2, -0.15) is 0 Å². The Morgan fingerprint density at radius 1 is 0.611 bits per heavy atom. The molecule has 4 heteroatoms. The Morgan fingerprint density at radius 3 is 1.50 bits per heavy atom. The molecular weight excluding hydrogens is 228 g/mol. The summed E-state index contributed by atoms with van der Waals surface area (Å²) in [6, 6.07) is 0. The minimum absolute atomic E-state index is 0.803. The van der Waals surface area contributed by atoms with E-state index in [4.69, 9.17) is 9.47 Å². The minimum atomic E-state index is 0.803. The number of nitrogens with zero attached hydrogens (tertiary/aromatic N) is 2. The van der Waals surface area contributed by atoms with Gasteiger partial charge in [-0.3, -0.25) is 4.90 Å². The van der Waals surface area contributed by atoms with Crippen molar-refractivity contribution in [2.24, 2.45) is 0 Å². The normalized spacial score (nSPS) is 11.7. The average Bonchev–Trinajstić information content (AvgIpc) is 2.41. The van der Waals surface area contributed by atoms with Crippen LogP contribution in [0.5, 0.6) is 0 Å². The van der Waals surface area contributed by atoms with Gasteiger partial charge in [0, 0.05) is 26.2 Å². The van der Waals surface area contributed by atoms with Crippen molar-refractivity contribution in [3.63, 3.8) is 0 Å². The summed E-state index contributed by atoms with van der Waals surface area (Å²) < 4.78 is 11.0. The molecule has 0 amide bonds. The standard InChI is InChI=1S/C14H32N2O2/c1-5-15(6-2)9-13-18-14-11-16(7-3)10-12-17-8-4/h5-14H2,1-4H3. The first-order chi connectivity index (χ1) is 8.78. The molecule has 0 saturated carbocycles. The number of rotatable bonds is 13. The van der Waals surface area contributed by atoms with Gasteiger partial charge in [0.25, 0.3) is 0 Å². The van der Waals surface area contributed by atoms with Crippen LogP contribution < -0.4 is 0 Å². The molecule has 0 spiro atoms. The van der Waals surface area contributed by atoms with Crippen molar-refractivity contribution in [2.45, 2.75) is 27.7 Å². The molecule has 0 aromatic rings. The fourth-order valence-electron chi connectivity index (χ4n) is 1.80. The molecule has 0 fully saturated rings. The van der Waals surface area contributed by atoms with Gasteiger partial charge in [-0.1, -0.05) is 20.8 Å². The van der Waals surface area contributed by atoms with Gasteiger partial charge in [-0.15, -0.1) is 0 Å². The van der Waals surface area contributed by atoms with Gasteiger partial charge in [0.2, 0.25) is 0 Å². The molecule has 0 bridgehead atoms. The zero-order valence-electron chi connectivity index (χ0n) is 12.8. The second-order valence-electron chi connectivity index (χ2n) is 4.27. The Balaban J connectivity index is 3.44. The zero-order chi connectivity index (χ0) is 13.6. The van der Waals surface area contributed by atoms with Crippen molar-refractivity contribution in [2.75, 3.05) is 65.7 Å². The van der Waals surface area contributed by atoms with Crippen LogP contribution in [0.3, 0.4) is 0 Å². The summed E-state index contributed by atoms with van der Waals surface area (Å²) in [7, 11) is 0. The van der Waals surface area contributed by atoms with Gasteiger partial charge >= 0.3 is 0 Å². The second kappa shape index (κ2) is 13.3. The van der Waals surface area contributed by atoms with Crippen LogP contribution in [0, 0.1) is 0 Å². The first-order valence-electron chi connectivity index (χ1n) is 7.38. The van der Waals surface area contributed by atoms with Gasteiger partial charge in [-0.25, -0.2) is 0 Å². The fraction of sp³-hybridized carbons (Fsp3) is 1.00. The quantitative estimate of drug-likeness (QED) is 0.471. The number of hydrogen-bond acceptors (Lipinski definition) is 4. The molecule has 0 heterocycles. The van der Waals surface area contributed by atoms with E-state index in [1.165, 1.54) is 0 Å². The van der Waals surface area contributed by atoms with Crippen LogP contribution in [0.25, 0.3) is 0 Å². The van der Waals surface area contributed by atoms with E-state index in [9.17, 15) is 0 Å². The van der Waals surface area contributed by atoms with Crippen LogP contribution in [0.4, 0.5) is 0 Å². The highest BCUT2D eigenvalue weighted by Crippen LogP contribution is 1.91. The van der Waals surface area contributed by atoms with Gasteiger partial charge in [0.05, 0.1) is 19.8 Å². The summed E-state index contributed by atoms with van der Waals surface area (Å²) >= 11 is 0. The molecule has 0 unspecified atom stereocenters. The number of hydrogen-bond donors (Lipinski definition) is 0. The summed E-state index contributed by atoms with van der Waals surface area (Å²) in [6.45, 7) is 18.2. The third-order valence-electron chi connectivity index (χ3n) is 3.20. The second-order valence-corrected chi connectivity index (χ2v) is 4.27. The smallest absolute Gasteiger partial charge is 0.0594 e. The minimum Gasteiger partial charge on any atom is -0.380 e. The van der Waals surface area contributed by atoms with E-state index in [1.807, 2.05) is 6.92 Å². The van der Waals surface area contributed by atoms with Gasteiger partial charge < -0.3 is 14.4 Å². The average molecular weight is 260 g/mol. The molecule has 0 aromatic carbocycles. The molecule has 0 N–H and O–H groups in total. The lowest BCUT2D eigenvalue weighted by Gasteiger charge is -2.21. The maximum absolute atomic E-state index is 5.68. The van der Waals surface area contributed by atoms with E-state index in [0.717, 1.165) is 65.7 Å².